The average molecular weight is 297 g/mol. The van der Waals surface area contributed by atoms with E-state index in [9.17, 15) is 12.8 Å². The molecular formula is C8H10BrFN2O2S. The molecule has 0 atom stereocenters. The normalized spacial score (nSPS) is 11.7. The summed E-state index contributed by atoms with van der Waals surface area (Å²) in [5.74, 6) is -0.810. The van der Waals surface area contributed by atoms with Crippen LogP contribution in [0.25, 0.3) is 0 Å². The van der Waals surface area contributed by atoms with Crippen LogP contribution in [0.5, 0.6) is 0 Å². The predicted octanol–water partition coefficient (Wildman–Crippen LogP) is 0.955. The molecule has 0 fully saturated rings. The first-order chi connectivity index (χ1) is 6.92. The molecule has 0 spiro atoms. The van der Waals surface area contributed by atoms with Crippen LogP contribution in [0.1, 0.15) is 5.56 Å². The van der Waals surface area contributed by atoms with Gasteiger partial charge in [-0.2, -0.15) is 0 Å². The highest BCUT2D eigenvalue weighted by atomic mass is 79.9. The molecule has 0 bridgehead atoms. The van der Waals surface area contributed by atoms with Crippen molar-refractivity contribution in [3.8, 4) is 0 Å². The van der Waals surface area contributed by atoms with Crippen molar-refractivity contribution in [2.75, 3.05) is 7.05 Å². The lowest BCUT2D eigenvalue weighted by atomic mass is 10.2. The lowest BCUT2D eigenvalue weighted by molar-refractivity contribution is 0.553. The van der Waals surface area contributed by atoms with Crippen molar-refractivity contribution in [3.63, 3.8) is 0 Å². The number of nitrogens with one attached hydrogen (secondary N) is 1. The summed E-state index contributed by atoms with van der Waals surface area (Å²) in [7, 11) is -2.57. The molecule has 7 heteroatoms. The molecule has 1 aromatic rings. The fourth-order valence-corrected chi connectivity index (χ4v) is 2.60. The minimum absolute atomic E-state index is 0.0580. The Morgan fingerprint density at radius 2 is 2.13 bits per heavy atom. The Morgan fingerprint density at radius 1 is 1.53 bits per heavy atom. The Hall–Kier alpha value is -0.500. The maximum absolute atomic E-state index is 13.6. The average Bonchev–Trinajstić information content (AvgIpc) is 2.20. The van der Waals surface area contributed by atoms with Crippen LogP contribution < -0.4 is 10.5 Å². The molecule has 0 aromatic heterocycles. The van der Waals surface area contributed by atoms with Gasteiger partial charge in [0.05, 0.1) is 0 Å². The van der Waals surface area contributed by atoms with Gasteiger partial charge in [0.15, 0.2) is 0 Å². The van der Waals surface area contributed by atoms with E-state index in [0.717, 1.165) is 0 Å². The number of hydrogen-bond donors (Lipinski definition) is 2. The highest BCUT2D eigenvalue weighted by Crippen LogP contribution is 2.23. The summed E-state index contributed by atoms with van der Waals surface area (Å²) in [5.41, 5.74) is 5.45. The van der Waals surface area contributed by atoms with Crippen LogP contribution in [0.2, 0.25) is 0 Å². The molecule has 84 valence electrons. The monoisotopic (exact) mass is 296 g/mol. The minimum atomic E-state index is -3.79. The van der Waals surface area contributed by atoms with Gasteiger partial charge in [-0.3, -0.25) is 0 Å². The molecule has 1 rings (SSSR count). The number of halogens is 2. The smallest absolute Gasteiger partial charge is 0.243 e. The Labute approximate surface area is 95.8 Å². The first-order valence-electron chi connectivity index (χ1n) is 4.04. The Kier molecular flexibility index (Phi) is 3.82. The Bertz CT molecular complexity index is 476. The van der Waals surface area contributed by atoms with Crippen molar-refractivity contribution in [1.29, 1.82) is 0 Å². The highest BCUT2D eigenvalue weighted by molar-refractivity contribution is 9.10. The molecule has 1 aromatic carbocycles. The zero-order valence-corrected chi connectivity index (χ0v) is 10.3. The van der Waals surface area contributed by atoms with Crippen molar-refractivity contribution in [1.82, 2.24) is 4.72 Å². The summed E-state index contributed by atoms with van der Waals surface area (Å²) in [6, 6.07) is 2.64. The highest BCUT2D eigenvalue weighted by Gasteiger charge is 2.20. The summed E-state index contributed by atoms with van der Waals surface area (Å²) in [4.78, 5) is -0.403. The van der Waals surface area contributed by atoms with Crippen LogP contribution in [0, 0.1) is 5.82 Å². The maximum atomic E-state index is 13.6. The lowest BCUT2D eigenvalue weighted by Crippen LogP contribution is -2.21. The molecule has 0 saturated carbocycles. The van der Waals surface area contributed by atoms with Crippen LogP contribution >= 0.6 is 15.9 Å². The van der Waals surface area contributed by atoms with E-state index in [1.807, 2.05) is 4.72 Å². The Balaban J connectivity index is 3.49. The van der Waals surface area contributed by atoms with E-state index >= 15 is 0 Å². The van der Waals surface area contributed by atoms with Gasteiger partial charge >= 0.3 is 0 Å². The van der Waals surface area contributed by atoms with Gasteiger partial charge in [-0.05, 0) is 19.2 Å². The topological polar surface area (TPSA) is 72.2 Å². The van der Waals surface area contributed by atoms with E-state index < -0.39 is 20.7 Å². The van der Waals surface area contributed by atoms with Crippen molar-refractivity contribution in [3.05, 3.63) is 28.0 Å². The van der Waals surface area contributed by atoms with Crippen molar-refractivity contribution < 1.29 is 12.8 Å². The third kappa shape index (κ3) is 2.54. The van der Waals surface area contributed by atoms with Gasteiger partial charge in [0.25, 0.3) is 0 Å². The predicted molar refractivity (Wildman–Crippen MR) is 58.2 cm³/mol. The number of hydrogen-bond acceptors (Lipinski definition) is 3. The standard InChI is InChI=1S/C8H10BrFN2O2S/c1-12-15(13,14)7-3-6(9)2-5(4-11)8(7)10/h2-3,12H,4,11H2,1H3. The number of nitrogens with two attached hydrogens (primary N) is 1. The van der Waals surface area contributed by atoms with Crippen molar-refractivity contribution in [2.24, 2.45) is 5.73 Å². The zero-order valence-electron chi connectivity index (χ0n) is 7.92. The minimum Gasteiger partial charge on any atom is -0.326 e. The van der Waals surface area contributed by atoms with Crippen LogP contribution in [0.4, 0.5) is 4.39 Å². The molecule has 0 saturated heterocycles. The molecule has 0 aliphatic rings. The van der Waals surface area contributed by atoms with Gasteiger partial charge < -0.3 is 5.73 Å². The summed E-state index contributed by atoms with van der Waals surface area (Å²) in [6.07, 6.45) is 0. The van der Waals surface area contributed by atoms with E-state index in [1.54, 1.807) is 0 Å². The fourth-order valence-electron chi connectivity index (χ4n) is 1.07. The summed E-state index contributed by atoms with van der Waals surface area (Å²) < 4.78 is 39.0. The van der Waals surface area contributed by atoms with E-state index in [1.165, 1.54) is 19.2 Å². The zero-order chi connectivity index (χ0) is 11.6. The maximum Gasteiger partial charge on any atom is 0.243 e. The molecule has 0 heterocycles. The molecule has 0 radical (unpaired) electrons. The van der Waals surface area contributed by atoms with Crippen LogP contribution in [-0.2, 0) is 16.6 Å². The fraction of sp³-hybridized carbons (Fsp3) is 0.250. The summed E-state index contributed by atoms with van der Waals surface area (Å²) in [6.45, 7) is -0.0580. The molecular weight excluding hydrogens is 287 g/mol. The first kappa shape index (κ1) is 12.6. The van der Waals surface area contributed by atoms with E-state index in [4.69, 9.17) is 5.73 Å². The second kappa shape index (κ2) is 4.56. The third-order valence-corrected chi connectivity index (χ3v) is 3.73. The van der Waals surface area contributed by atoms with E-state index in [0.29, 0.717) is 4.47 Å². The number of rotatable bonds is 3. The van der Waals surface area contributed by atoms with Gasteiger partial charge in [0, 0.05) is 16.6 Å². The van der Waals surface area contributed by atoms with Crippen molar-refractivity contribution in [2.45, 2.75) is 11.4 Å². The number of sulfonamides is 1. The van der Waals surface area contributed by atoms with Crippen LogP contribution in [0.3, 0.4) is 0 Å². The molecule has 4 nitrogen and oxygen atoms in total. The summed E-state index contributed by atoms with van der Waals surface area (Å²) >= 11 is 3.10. The first-order valence-corrected chi connectivity index (χ1v) is 6.31. The largest absolute Gasteiger partial charge is 0.326 e. The molecule has 15 heavy (non-hydrogen) atoms. The second-order valence-corrected chi connectivity index (χ2v) is 5.56. The third-order valence-electron chi connectivity index (χ3n) is 1.86. The van der Waals surface area contributed by atoms with Gasteiger partial charge in [0.1, 0.15) is 10.7 Å². The van der Waals surface area contributed by atoms with Crippen LogP contribution in [0.15, 0.2) is 21.5 Å². The van der Waals surface area contributed by atoms with Crippen LogP contribution in [-0.4, -0.2) is 15.5 Å². The van der Waals surface area contributed by atoms with Crippen molar-refractivity contribution >= 4 is 26.0 Å². The molecule has 3 N–H and O–H groups in total. The molecule has 0 unspecified atom stereocenters. The van der Waals surface area contributed by atoms with E-state index in [-0.39, 0.29) is 12.1 Å². The molecule has 0 aliphatic carbocycles. The van der Waals surface area contributed by atoms with Gasteiger partial charge in [-0.25, -0.2) is 17.5 Å². The summed E-state index contributed by atoms with van der Waals surface area (Å²) in [5, 5.41) is 0. The van der Waals surface area contributed by atoms with Gasteiger partial charge in [-0.1, -0.05) is 15.9 Å². The molecule has 0 amide bonds. The Morgan fingerprint density at radius 3 is 2.60 bits per heavy atom. The van der Waals surface area contributed by atoms with Gasteiger partial charge in [0.2, 0.25) is 10.0 Å². The second-order valence-electron chi connectivity index (χ2n) is 2.79. The quantitative estimate of drug-likeness (QED) is 0.872. The molecule has 0 aliphatic heterocycles. The van der Waals surface area contributed by atoms with Gasteiger partial charge in [-0.15, -0.1) is 0 Å². The van der Waals surface area contributed by atoms with E-state index in [2.05, 4.69) is 15.9 Å². The lowest BCUT2D eigenvalue weighted by Gasteiger charge is -2.08. The SMILES string of the molecule is CNS(=O)(=O)c1cc(Br)cc(CN)c1F. The number of benzene rings is 1.